The molecule has 0 spiro atoms. The number of hydrogen-bond acceptors (Lipinski definition) is 2. The largest absolute Gasteiger partial charge is 0.302 e. The standard InChI is InChI=1S/C18H32N2/c1-6-18(3,4)16-8-7-14(11-19)17(10-16)20(5)12-15-9-13(15)2/h13-17H,6-10,12H2,1-5H3. The summed E-state index contributed by atoms with van der Waals surface area (Å²) in [6.45, 7) is 10.7. The minimum atomic E-state index is 0.248. The molecule has 0 bridgehead atoms. The van der Waals surface area contributed by atoms with Gasteiger partial charge in [0, 0.05) is 12.6 Å². The van der Waals surface area contributed by atoms with Crippen LogP contribution in [-0.2, 0) is 0 Å². The van der Waals surface area contributed by atoms with Crippen LogP contribution in [0.25, 0.3) is 0 Å². The van der Waals surface area contributed by atoms with E-state index in [2.05, 4.69) is 45.7 Å². The predicted octanol–water partition coefficient (Wildman–Crippen LogP) is 4.32. The zero-order valence-electron chi connectivity index (χ0n) is 14.0. The van der Waals surface area contributed by atoms with E-state index in [1.165, 1.54) is 32.2 Å². The van der Waals surface area contributed by atoms with Crippen LogP contribution in [0.15, 0.2) is 0 Å². The second kappa shape index (κ2) is 6.06. The minimum Gasteiger partial charge on any atom is -0.302 e. The summed E-state index contributed by atoms with van der Waals surface area (Å²) in [5, 5.41) is 9.48. The summed E-state index contributed by atoms with van der Waals surface area (Å²) in [6, 6.07) is 3.07. The van der Waals surface area contributed by atoms with E-state index >= 15 is 0 Å². The fraction of sp³-hybridized carbons (Fsp3) is 0.944. The molecule has 20 heavy (non-hydrogen) atoms. The lowest BCUT2D eigenvalue weighted by atomic mass is 9.66. The molecule has 2 fully saturated rings. The van der Waals surface area contributed by atoms with Crippen molar-refractivity contribution in [1.82, 2.24) is 4.90 Å². The van der Waals surface area contributed by atoms with Gasteiger partial charge in [0.2, 0.25) is 0 Å². The average Bonchev–Trinajstić information content (AvgIpc) is 3.13. The molecule has 5 atom stereocenters. The monoisotopic (exact) mass is 276 g/mol. The summed E-state index contributed by atoms with van der Waals surface area (Å²) in [7, 11) is 2.25. The molecule has 0 heterocycles. The maximum absolute atomic E-state index is 9.48. The normalized spacial score (nSPS) is 37.8. The van der Waals surface area contributed by atoms with Gasteiger partial charge in [-0.2, -0.15) is 5.26 Å². The van der Waals surface area contributed by atoms with Gasteiger partial charge in [0.15, 0.2) is 0 Å². The first-order valence-corrected chi connectivity index (χ1v) is 8.49. The molecule has 0 aromatic carbocycles. The molecule has 0 N–H and O–H groups in total. The summed E-state index contributed by atoms with van der Waals surface area (Å²) in [4.78, 5) is 2.51. The van der Waals surface area contributed by atoms with Crippen LogP contribution in [0.5, 0.6) is 0 Å². The van der Waals surface area contributed by atoms with Gasteiger partial charge in [0.05, 0.1) is 12.0 Å². The molecule has 0 radical (unpaired) electrons. The molecular weight excluding hydrogens is 244 g/mol. The molecule has 2 heteroatoms. The highest BCUT2D eigenvalue weighted by atomic mass is 15.1. The van der Waals surface area contributed by atoms with Crippen molar-refractivity contribution in [2.24, 2.45) is 29.1 Å². The first kappa shape index (κ1) is 15.8. The van der Waals surface area contributed by atoms with Crippen molar-refractivity contribution in [2.45, 2.75) is 65.8 Å². The Labute approximate surface area is 125 Å². The van der Waals surface area contributed by atoms with Crippen LogP contribution in [0.4, 0.5) is 0 Å². The van der Waals surface area contributed by atoms with Gasteiger partial charge in [-0.25, -0.2) is 0 Å². The van der Waals surface area contributed by atoms with E-state index in [9.17, 15) is 5.26 Å². The third-order valence-corrected chi connectivity index (χ3v) is 6.36. The zero-order valence-corrected chi connectivity index (χ0v) is 14.0. The van der Waals surface area contributed by atoms with Crippen LogP contribution < -0.4 is 0 Å². The second-order valence-electron chi connectivity index (χ2n) is 8.07. The van der Waals surface area contributed by atoms with E-state index in [1.54, 1.807) is 0 Å². The third-order valence-electron chi connectivity index (χ3n) is 6.36. The highest BCUT2D eigenvalue weighted by Crippen LogP contribution is 2.44. The molecule has 0 aromatic heterocycles. The Kier molecular flexibility index (Phi) is 4.80. The van der Waals surface area contributed by atoms with Crippen molar-refractivity contribution in [3.8, 4) is 6.07 Å². The topological polar surface area (TPSA) is 27.0 Å². The van der Waals surface area contributed by atoms with Crippen molar-refractivity contribution in [1.29, 1.82) is 5.26 Å². The Morgan fingerprint density at radius 1 is 1.25 bits per heavy atom. The first-order valence-electron chi connectivity index (χ1n) is 8.49. The molecule has 114 valence electrons. The van der Waals surface area contributed by atoms with Gasteiger partial charge in [-0.1, -0.05) is 34.1 Å². The predicted molar refractivity (Wildman–Crippen MR) is 84.2 cm³/mol. The fourth-order valence-corrected chi connectivity index (χ4v) is 3.94. The van der Waals surface area contributed by atoms with E-state index in [-0.39, 0.29) is 5.92 Å². The second-order valence-corrected chi connectivity index (χ2v) is 8.07. The van der Waals surface area contributed by atoms with E-state index < -0.39 is 0 Å². The molecule has 5 unspecified atom stereocenters. The Hall–Kier alpha value is -0.550. The molecule has 2 rings (SSSR count). The molecule has 2 saturated carbocycles. The third kappa shape index (κ3) is 3.37. The van der Waals surface area contributed by atoms with Crippen LogP contribution in [0.2, 0.25) is 0 Å². The minimum absolute atomic E-state index is 0.248. The van der Waals surface area contributed by atoms with Crippen LogP contribution in [0.3, 0.4) is 0 Å². The van der Waals surface area contributed by atoms with Gasteiger partial charge < -0.3 is 4.90 Å². The lowest BCUT2D eigenvalue weighted by Gasteiger charge is -2.44. The molecule has 0 saturated heterocycles. The van der Waals surface area contributed by atoms with Gasteiger partial charge >= 0.3 is 0 Å². The van der Waals surface area contributed by atoms with Crippen molar-refractivity contribution < 1.29 is 0 Å². The van der Waals surface area contributed by atoms with Crippen molar-refractivity contribution in [2.75, 3.05) is 13.6 Å². The highest BCUT2D eigenvalue weighted by Gasteiger charge is 2.41. The smallest absolute Gasteiger partial charge is 0.0672 e. The van der Waals surface area contributed by atoms with E-state index in [0.29, 0.717) is 11.5 Å². The molecule has 0 amide bonds. The summed E-state index contributed by atoms with van der Waals surface area (Å²) in [5.41, 5.74) is 0.423. The molecule has 2 aliphatic rings. The van der Waals surface area contributed by atoms with Crippen LogP contribution in [-0.4, -0.2) is 24.5 Å². The van der Waals surface area contributed by atoms with Crippen molar-refractivity contribution in [3.05, 3.63) is 0 Å². The molecule has 0 aromatic rings. The van der Waals surface area contributed by atoms with Crippen LogP contribution in [0, 0.1) is 40.4 Å². The van der Waals surface area contributed by atoms with Gasteiger partial charge in [-0.15, -0.1) is 0 Å². The SMILES string of the molecule is CCC(C)(C)C1CCC(C#N)C(N(C)CC2CC2C)C1. The van der Waals surface area contributed by atoms with Crippen LogP contribution >= 0.6 is 0 Å². The Balaban J connectivity index is 2.00. The summed E-state index contributed by atoms with van der Waals surface area (Å²) >= 11 is 0. The van der Waals surface area contributed by atoms with Gasteiger partial charge in [-0.3, -0.25) is 0 Å². The van der Waals surface area contributed by atoms with Gasteiger partial charge in [0.25, 0.3) is 0 Å². The molecule has 2 nitrogen and oxygen atoms in total. The van der Waals surface area contributed by atoms with Crippen molar-refractivity contribution in [3.63, 3.8) is 0 Å². The fourth-order valence-electron chi connectivity index (χ4n) is 3.94. The van der Waals surface area contributed by atoms with E-state index in [0.717, 1.165) is 24.2 Å². The maximum Gasteiger partial charge on any atom is 0.0672 e. The van der Waals surface area contributed by atoms with E-state index in [4.69, 9.17) is 0 Å². The molecular formula is C18H32N2. The van der Waals surface area contributed by atoms with Crippen LogP contribution in [0.1, 0.15) is 59.8 Å². The summed E-state index contributed by atoms with van der Waals surface area (Å²) in [5.74, 6) is 2.82. The number of nitriles is 1. The molecule has 2 aliphatic carbocycles. The number of hydrogen-bond donors (Lipinski definition) is 0. The Bertz CT molecular complexity index is 368. The average molecular weight is 276 g/mol. The Morgan fingerprint density at radius 2 is 1.90 bits per heavy atom. The maximum atomic E-state index is 9.48. The lowest BCUT2D eigenvalue weighted by molar-refractivity contribution is 0.0620. The van der Waals surface area contributed by atoms with E-state index in [1.807, 2.05) is 0 Å². The van der Waals surface area contributed by atoms with Crippen molar-refractivity contribution >= 4 is 0 Å². The summed E-state index contributed by atoms with van der Waals surface area (Å²) in [6.07, 6.45) is 6.18. The Morgan fingerprint density at radius 3 is 2.40 bits per heavy atom. The summed E-state index contributed by atoms with van der Waals surface area (Å²) < 4.78 is 0. The molecule has 0 aliphatic heterocycles. The number of nitrogens with zero attached hydrogens (tertiary/aromatic N) is 2. The quantitative estimate of drug-likeness (QED) is 0.748. The highest BCUT2D eigenvalue weighted by molar-refractivity contribution is 5.00. The van der Waals surface area contributed by atoms with Gasteiger partial charge in [-0.05, 0) is 55.9 Å². The lowest BCUT2D eigenvalue weighted by Crippen LogP contribution is -2.45. The first-order chi connectivity index (χ1) is 9.39. The number of rotatable bonds is 5. The van der Waals surface area contributed by atoms with Gasteiger partial charge in [0.1, 0.15) is 0 Å². The zero-order chi connectivity index (χ0) is 14.9.